The highest BCUT2D eigenvalue weighted by molar-refractivity contribution is 5.96. The highest BCUT2D eigenvalue weighted by atomic mass is 16.5. The van der Waals surface area contributed by atoms with E-state index in [2.05, 4.69) is 0 Å². The summed E-state index contributed by atoms with van der Waals surface area (Å²) in [6.45, 7) is 3.55. The van der Waals surface area contributed by atoms with Crippen LogP contribution in [-0.4, -0.2) is 18.4 Å². The molecule has 0 aromatic carbocycles. The van der Waals surface area contributed by atoms with Gasteiger partial charge in [0.2, 0.25) is 0 Å². The van der Waals surface area contributed by atoms with Crippen LogP contribution in [0.1, 0.15) is 26.7 Å². The van der Waals surface area contributed by atoms with Crippen LogP contribution in [0.3, 0.4) is 0 Å². The molecule has 0 radical (unpaired) electrons. The van der Waals surface area contributed by atoms with Crippen LogP contribution >= 0.6 is 0 Å². The number of esters is 1. The lowest BCUT2D eigenvalue weighted by Crippen LogP contribution is -2.23. The van der Waals surface area contributed by atoms with E-state index >= 15 is 0 Å². The van der Waals surface area contributed by atoms with E-state index in [0.717, 1.165) is 0 Å². The average molecular weight is 156 g/mol. The van der Waals surface area contributed by atoms with Crippen LogP contribution in [0.5, 0.6) is 0 Å². The van der Waals surface area contributed by atoms with Crippen molar-refractivity contribution < 1.29 is 14.3 Å². The highest BCUT2D eigenvalue weighted by Crippen LogP contribution is 2.44. The Morgan fingerprint density at radius 3 is 2.36 bits per heavy atom. The fraction of sp³-hybridized carbons (Fsp3) is 0.750. The van der Waals surface area contributed by atoms with Crippen molar-refractivity contribution >= 4 is 12.3 Å². The van der Waals surface area contributed by atoms with E-state index in [1.54, 1.807) is 13.8 Å². The lowest BCUT2D eigenvalue weighted by Gasteiger charge is -2.10. The van der Waals surface area contributed by atoms with E-state index < -0.39 is 5.41 Å². The molecule has 0 aromatic heterocycles. The molecule has 0 N–H and O–H groups in total. The second kappa shape index (κ2) is 2.64. The van der Waals surface area contributed by atoms with E-state index in [9.17, 15) is 9.59 Å². The molecule has 1 saturated carbocycles. The molecule has 3 heteroatoms. The van der Waals surface area contributed by atoms with Crippen molar-refractivity contribution in [3.05, 3.63) is 0 Å². The Balaban J connectivity index is 2.48. The van der Waals surface area contributed by atoms with Gasteiger partial charge in [-0.05, 0) is 26.7 Å². The third-order valence-corrected chi connectivity index (χ3v) is 1.76. The second-order valence-corrected chi connectivity index (χ2v) is 3.23. The van der Waals surface area contributed by atoms with Crippen LogP contribution < -0.4 is 0 Å². The van der Waals surface area contributed by atoms with Gasteiger partial charge in [0, 0.05) is 0 Å². The van der Waals surface area contributed by atoms with Gasteiger partial charge in [0.25, 0.3) is 0 Å². The molecule has 1 fully saturated rings. The number of carbonyl (C=O) groups excluding carboxylic acids is 2. The van der Waals surface area contributed by atoms with Crippen molar-refractivity contribution in [2.24, 2.45) is 5.41 Å². The first-order valence-electron chi connectivity index (χ1n) is 3.78. The molecular weight excluding hydrogens is 144 g/mol. The molecule has 1 rings (SSSR count). The van der Waals surface area contributed by atoms with Crippen molar-refractivity contribution in [2.45, 2.75) is 32.8 Å². The van der Waals surface area contributed by atoms with Gasteiger partial charge in [-0.25, -0.2) is 0 Å². The van der Waals surface area contributed by atoms with Crippen LogP contribution in [0.15, 0.2) is 0 Å². The van der Waals surface area contributed by atoms with Crippen molar-refractivity contribution in [1.82, 2.24) is 0 Å². The Bertz CT molecular complexity index is 180. The summed E-state index contributed by atoms with van der Waals surface area (Å²) in [6, 6.07) is 0. The monoisotopic (exact) mass is 156 g/mol. The predicted molar refractivity (Wildman–Crippen MR) is 39.0 cm³/mol. The highest BCUT2D eigenvalue weighted by Gasteiger charge is 2.51. The van der Waals surface area contributed by atoms with Crippen molar-refractivity contribution in [2.75, 3.05) is 0 Å². The summed E-state index contributed by atoms with van der Waals surface area (Å²) >= 11 is 0. The number of rotatable bonds is 3. The normalized spacial score (nSPS) is 19.5. The topological polar surface area (TPSA) is 43.4 Å². The largest absolute Gasteiger partial charge is 0.462 e. The zero-order valence-corrected chi connectivity index (χ0v) is 6.79. The molecule has 0 bridgehead atoms. The molecule has 0 saturated heterocycles. The Morgan fingerprint density at radius 2 is 2.09 bits per heavy atom. The number of carbonyl (C=O) groups is 2. The molecule has 0 amide bonds. The Morgan fingerprint density at radius 1 is 1.55 bits per heavy atom. The van der Waals surface area contributed by atoms with Crippen LogP contribution in [0.4, 0.5) is 0 Å². The molecule has 1 aliphatic rings. The maximum absolute atomic E-state index is 11.1. The molecule has 0 unspecified atom stereocenters. The third-order valence-electron chi connectivity index (χ3n) is 1.76. The Labute approximate surface area is 65.7 Å². The van der Waals surface area contributed by atoms with Crippen LogP contribution in [0.2, 0.25) is 0 Å². The lowest BCUT2D eigenvalue weighted by molar-refractivity contribution is -0.155. The number of aldehydes is 1. The first kappa shape index (κ1) is 8.24. The molecular formula is C8H12O3. The number of hydrogen-bond donors (Lipinski definition) is 0. The summed E-state index contributed by atoms with van der Waals surface area (Å²) in [5, 5.41) is 0. The molecule has 62 valence electrons. The minimum Gasteiger partial charge on any atom is -0.462 e. The minimum atomic E-state index is -0.760. The molecule has 0 aromatic rings. The van der Waals surface area contributed by atoms with Gasteiger partial charge in [-0.1, -0.05) is 0 Å². The summed E-state index contributed by atoms with van der Waals surface area (Å²) in [4.78, 5) is 21.5. The zero-order valence-electron chi connectivity index (χ0n) is 6.79. The quantitative estimate of drug-likeness (QED) is 0.346. The van der Waals surface area contributed by atoms with Crippen LogP contribution in [0.25, 0.3) is 0 Å². The number of hydrogen-bond acceptors (Lipinski definition) is 3. The molecule has 1 aliphatic carbocycles. The van der Waals surface area contributed by atoms with E-state index in [4.69, 9.17) is 4.74 Å². The zero-order chi connectivity index (χ0) is 8.48. The van der Waals surface area contributed by atoms with Gasteiger partial charge in [-0.3, -0.25) is 4.79 Å². The van der Waals surface area contributed by atoms with Gasteiger partial charge in [-0.2, -0.15) is 0 Å². The fourth-order valence-corrected chi connectivity index (χ4v) is 0.836. The van der Waals surface area contributed by atoms with Crippen molar-refractivity contribution in [1.29, 1.82) is 0 Å². The minimum absolute atomic E-state index is 0.125. The Hall–Kier alpha value is -0.860. The second-order valence-electron chi connectivity index (χ2n) is 3.23. The number of ether oxygens (including phenoxy) is 1. The third kappa shape index (κ3) is 1.59. The summed E-state index contributed by atoms with van der Waals surface area (Å²) in [6.07, 6.45) is 1.89. The summed E-state index contributed by atoms with van der Waals surface area (Å²) in [5.41, 5.74) is -0.760. The summed E-state index contributed by atoms with van der Waals surface area (Å²) in [5.74, 6) is -0.359. The molecule has 11 heavy (non-hydrogen) atoms. The average Bonchev–Trinajstić information content (AvgIpc) is 2.65. The van der Waals surface area contributed by atoms with Crippen LogP contribution in [-0.2, 0) is 14.3 Å². The van der Waals surface area contributed by atoms with Gasteiger partial charge >= 0.3 is 5.97 Å². The smallest absolute Gasteiger partial charge is 0.319 e. The van der Waals surface area contributed by atoms with Crippen molar-refractivity contribution in [3.63, 3.8) is 0 Å². The van der Waals surface area contributed by atoms with E-state index in [0.29, 0.717) is 19.1 Å². The van der Waals surface area contributed by atoms with E-state index in [-0.39, 0.29) is 12.1 Å². The van der Waals surface area contributed by atoms with Gasteiger partial charge in [-0.15, -0.1) is 0 Å². The SMILES string of the molecule is CC(C)OC(=O)C1(C=O)CC1. The van der Waals surface area contributed by atoms with Gasteiger partial charge in [0.1, 0.15) is 11.7 Å². The Kier molecular flexibility index (Phi) is 1.98. The van der Waals surface area contributed by atoms with Gasteiger partial charge in [0.05, 0.1) is 6.10 Å². The van der Waals surface area contributed by atoms with Gasteiger partial charge in [0.15, 0.2) is 0 Å². The molecule has 0 spiro atoms. The molecule has 3 nitrogen and oxygen atoms in total. The summed E-state index contributed by atoms with van der Waals surface area (Å²) in [7, 11) is 0. The molecule has 0 atom stereocenters. The maximum atomic E-state index is 11.1. The standard InChI is InChI=1S/C8H12O3/c1-6(2)11-7(10)8(5-9)3-4-8/h5-6H,3-4H2,1-2H3. The maximum Gasteiger partial charge on any atom is 0.319 e. The lowest BCUT2D eigenvalue weighted by atomic mass is 10.1. The van der Waals surface area contributed by atoms with E-state index in [1.165, 1.54) is 0 Å². The fourth-order valence-electron chi connectivity index (χ4n) is 0.836. The molecule has 0 aliphatic heterocycles. The van der Waals surface area contributed by atoms with Gasteiger partial charge < -0.3 is 9.53 Å². The predicted octanol–water partition coefficient (Wildman–Crippen LogP) is 0.917. The van der Waals surface area contributed by atoms with Crippen molar-refractivity contribution in [3.8, 4) is 0 Å². The molecule has 0 heterocycles. The first-order valence-corrected chi connectivity index (χ1v) is 3.78. The van der Waals surface area contributed by atoms with E-state index in [1.807, 2.05) is 0 Å². The van der Waals surface area contributed by atoms with Crippen LogP contribution in [0, 0.1) is 5.41 Å². The summed E-state index contributed by atoms with van der Waals surface area (Å²) < 4.78 is 4.90. The first-order chi connectivity index (χ1) is 5.10.